The van der Waals surface area contributed by atoms with E-state index < -0.39 is 58.5 Å². The molecule has 5 rings (SSSR count). The Labute approximate surface area is 271 Å². The quantitative estimate of drug-likeness (QED) is 0.100. The molecule has 4 heterocycles. The summed E-state index contributed by atoms with van der Waals surface area (Å²) in [7, 11) is 0. The maximum Gasteiger partial charge on any atom is 0.353 e. The van der Waals surface area contributed by atoms with Gasteiger partial charge in [-0.15, -0.1) is 22.0 Å². The Bertz CT molecular complexity index is 1670. The summed E-state index contributed by atoms with van der Waals surface area (Å²) in [5.41, 5.74) is -1.69. The topological polar surface area (TPSA) is 224 Å². The van der Waals surface area contributed by atoms with Gasteiger partial charge in [-0.1, -0.05) is 47.4 Å². The van der Waals surface area contributed by atoms with Crippen molar-refractivity contribution in [3.63, 3.8) is 0 Å². The lowest BCUT2D eigenvalue weighted by Crippen LogP contribution is -2.80. The van der Waals surface area contributed by atoms with Gasteiger partial charge in [0.05, 0.1) is 16.9 Å². The largest absolute Gasteiger partial charge is 0.481 e. The Morgan fingerprint density at radius 2 is 1.78 bits per heavy atom. The van der Waals surface area contributed by atoms with E-state index in [-0.39, 0.29) is 58.2 Å². The molecule has 3 aliphatic rings. The predicted octanol–water partition coefficient (Wildman–Crippen LogP) is 1.20. The molecule has 0 bridgehead atoms. The molecule has 1 fully saturated rings. The number of thioether (sulfide) groups is 2. The number of aliphatic carboxylic acids is 3. The molecular formula is C26H21N5O10S4. The zero-order chi connectivity index (χ0) is 32.6. The number of nitrogens with zero attached hydrogens (tertiary/aromatic N) is 4. The number of amides is 4. The van der Waals surface area contributed by atoms with E-state index in [1.54, 1.807) is 12.1 Å². The second-order valence-electron chi connectivity index (χ2n) is 9.83. The first-order valence-electron chi connectivity index (χ1n) is 13.0. The molecule has 0 spiro atoms. The van der Waals surface area contributed by atoms with Crippen LogP contribution in [0.1, 0.15) is 45.0 Å². The lowest BCUT2D eigenvalue weighted by molar-refractivity contribution is -0.153. The van der Waals surface area contributed by atoms with Crippen LogP contribution < -0.4 is 5.32 Å². The molecule has 0 aliphatic carbocycles. The summed E-state index contributed by atoms with van der Waals surface area (Å²) in [4.78, 5) is 88.8. The average molecular weight is 692 g/mol. The second-order valence-corrected chi connectivity index (χ2v) is 13.3. The average Bonchev–Trinajstić information content (AvgIpc) is 3.58. The first-order chi connectivity index (χ1) is 21.4. The number of rotatable bonds is 13. The Kier molecular flexibility index (Phi) is 9.06. The van der Waals surface area contributed by atoms with Crippen molar-refractivity contribution in [1.82, 2.24) is 25.3 Å². The Morgan fingerprint density at radius 3 is 2.36 bits per heavy atom. The zero-order valence-electron chi connectivity index (χ0n) is 22.7. The maximum atomic E-state index is 13.4. The van der Waals surface area contributed by atoms with E-state index in [9.17, 15) is 43.8 Å². The van der Waals surface area contributed by atoms with Gasteiger partial charge >= 0.3 is 17.9 Å². The Morgan fingerprint density at radius 1 is 1.11 bits per heavy atom. The molecule has 2 aromatic rings. The number of carboxylic acids is 3. The van der Waals surface area contributed by atoms with E-state index in [0.29, 0.717) is 9.24 Å². The molecule has 0 radical (unpaired) electrons. The Balaban J connectivity index is 1.26. The van der Waals surface area contributed by atoms with Gasteiger partial charge in [0.15, 0.2) is 9.88 Å². The third-order valence-electron chi connectivity index (χ3n) is 7.13. The van der Waals surface area contributed by atoms with Crippen LogP contribution in [0.3, 0.4) is 0 Å². The highest BCUT2D eigenvalue weighted by Gasteiger charge is 2.64. The minimum Gasteiger partial charge on any atom is -0.481 e. The highest BCUT2D eigenvalue weighted by Crippen LogP contribution is 2.48. The molecule has 1 saturated heterocycles. The summed E-state index contributed by atoms with van der Waals surface area (Å²) in [6.07, 6.45) is -0.582. The number of aromatic nitrogens is 2. The van der Waals surface area contributed by atoms with Gasteiger partial charge in [-0.05, 0) is 25.0 Å². The number of carbonyl (C=O) groups is 7. The van der Waals surface area contributed by atoms with Crippen LogP contribution in [-0.4, -0.2) is 111 Å². The summed E-state index contributed by atoms with van der Waals surface area (Å²) < 4.78 is 0.306. The van der Waals surface area contributed by atoms with E-state index in [1.165, 1.54) is 12.1 Å². The first kappa shape index (κ1) is 32.2. The third kappa shape index (κ3) is 5.71. The molecule has 3 atom stereocenters. The van der Waals surface area contributed by atoms with Crippen molar-refractivity contribution in [1.29, 1.82) is 0 Å². The zero-order valence-corrected chi connectivity index (χ0v) is 26.0. The maximum absolute atomic E-state index is 13.4. The van der Waals surface area contributed by atoms with Crippen LogP contribution in [0.25, 0.3) is 5.57 Å². The predicted molar refractivity (Wildman–Crippen MR) is 163 cm³/mol. The number of nitrogens with one attached hydrogen (secondary N) is 1. The highest BCUT2D eigenvalue weighted by molar-refractivity contribution is 8.01. The van der Waals surface area contributed by atoms with Crippen molar-refractivity contribution < 1.29 is 48.9 Å². The fourth-order valence-corrected chi connectivity index (χ4v) is 8.64. The number of benzene rings is 1. The minimum atomic E-state index is -1.72. The number of fused-ring (bicyclic) bond motifs is 2. The fraction of sp³-hybridized carbons (Fsp3) is 0.308. The molecule has 1 aromatic carbocycles. The Hall–Kier alpha value is -4.20. The molecule has 15 nitrogen and oxygen atoms in total. The van der Waals surface area contributed by atoms with E-state index in [2.05, 4.69) is 15.5 Å². The van der Waals surface area contributed by atoms with Crippen LogP contribution in [-0.2, 0) is 24.0 Å². The molecule has 3 aliphatic heterocycles. The molecule has 45 heavy (non-hydrogen) atoms. The lowest BCUT2D eigenvalue weighted by atomic mass is 9.87. The number of hydrogen-bond donors (Lipinski definition) is 4. The molecule has 4 amide bonds. The number of carbonyl (C=O) groups excluding carboxylic acids is 4. The molecule has 0 saturated carbocycles. The summed E-state index contributed by atoms with van der Waals surface area (Å²) in [5.74, 6) is -7.06. The number of β-lactam (4-membered cyclic amide) rings is 1. The molecular weight excluding hydrogens is 671 g/mol. The van der Waals surface area contributed by atoms with Crippen LogP contribution in [0.4, 0.5) is 0 Å². The third-order valence-corrected chi connectivity index (χ3v) is 11.0. The van der Waals surface area contributed by atoms with Crippen LogP contribution in [0.15, 0.2) is 34.3 Å². The number of carboxylic acid groups (broad SMARTS) is 3. The van der Waals surface area contributed by atoms with Gasteiger partial charge in [-0.2, -0.15) is 0 Å². The SMILES string of the molecule is O=C(O)CSc1nnc(C2=C(C(=O)O)N3C(=O)[C@@](C=S)(NC(=O)CCCC(C(=O)O)N4C(=O)c5ccccc5C4=O)[C@@H]3SC2)s1. The van der Waals surface area contributed by atoms with Gasteiger partial charge in [0.1, 0.15) is 22.1 Å². The van der Waals surface area contributed by atoms with Crippen molar-refractivity contribution in [2.45, 2.75) is 40.6 Å². The monoisotopic (exact) mass is 691 g/mol. The summed E-state index contributed by atoms with van der Waals surface area (Å²) in [6, 6.07) is 4.44. The van der Waals surface area contributed by atoms with Gasteiger partial charge in [-0.25, -0.2) is 9.59 Å². The second kappa shape index (κ2) is 12.7. The van der Waals surface area contributed by atoms with Gasteiger partial charge in [0, 0.05) is 23.1 Å². The summed E-state index contributed by atoms with van der Waals surface area (Å²) >= 11 is 8.15. The molecule has 19 heteroatoms. The van der Waals surface area contributed by atoms with Gasteiger partial charge in [0.25, 0.3) is 17.7 Å². The van der Waals surface area contributed by atoms with Gasteiger partial charge < -0.3 is 20.6 Å². The number of thiocarbonyl (C=S) groups is 1. The first-order valence-corrected chi connectivity index (χ1v) is 16.3. The van der Waals surface area contributed by atoms with Crippen LogP contribution >= 0.6 is 47.1 Å². The van der Waals surface area contributed by atoms with Crippen molar-refractivity contribution in [2.75, 3.05) is 11.5 Å². The smallest absolute Gasteiger partial charge is 0.353 e. The van der Waals surface area contributed by atoms with E-state index >= 15 is 0 Å². The molecule has 1 aromatic heterocycles. The van der Waals surface area contributed by atoms with E-state index in [0.717, 1.165) is 45.1 Å². The van der Waals surface area contributed by atoms with Crippen molar-refractivity contribution in [3.05, 3.63) is 46.1 Å². The van der Waals surface area contributed by atoms with E-state index in [4.69, 9.17) is 17.3 Å². The van der Waals surface area contributed by atoms with E-state index in [1.807, 2.05) is 0 Å². The van der Waals surface area contributed by atoms with Gasteiger partial charge in [-0.3, -0.25) is 33.8 Å². The highest BCUT2D eigenvalue weighted by atomic mass is 32.2. The van der Waals surface area contributed by atoms with Crippen molar-refractivity contribution in [3.8, 4) is 0 Å². The fourth-order valence-electron chi connectivity index (χ4n) is 5.11. The normalized spacial score (nSPS) is 21.2. The van der Waals surface area contributed by atoms with Gasteiger partial charge in [0.2, 0.25) is 5.91 Å². The van der Waals surface area contributed by atoms with Crippen LogP contribution in [0.5, 0.6) is 0 Å². The summed E-state index contributed by atoms with van der Waals surface area (Å²) in [6.45, 7) is 0. The number of imide groups is 1. The lowest BCUT2D eigenvalue weighted by Gasteiger charge is -2.55. The summed E-state index contributed by atoms with van der Waals surface area (Å²) in [5, 5.41) is 39.4. The van der Waals surface area contributed by atoms with Crippen molar-refractivity contribution in [2.24, 2.45) is 0 Å². The molecule has 4 N–H and O–H groups in total. The number of hydrogen-bond acceptors (Lipinski definition) is 13. The molecule has 234 valence electrons. The van der Waals surface area contributed by atoms with Crippen LogP contribution in [0.2, 0.25) is 0 Å². The molecule has 1 unspecified atom stereocenters. The van der Waals surface area contributed by atoms with Crippen molar-refractivity contribution >= 4 is 99.6 Å². The minimum absolute atomic E-state index is 0.0652. The standard InChI is InChI=1S/C26H21N5O10S4/c32-15(7-3-6-14(21(37)38)30-19(35)11-4-1-2-5-12(11)20(30)36)27-26(10-42)23(41)31-17(22(39)40)13(8-43-24(26)31)18-28-29-25(45-18)44-9-16(33)34/h1-2,4-5,10,14,24H,3,6-9H2,(H,27,32)(H,33,34)(H,37,38)(H,39,40)/t14?,24-,26+/m0/s1. The van der Waals surface area contributed by atoms with Crippen LogP contribution in [0, 0.1) is 0 Å².